The topological polar surface area (TPSA) is 58.6 Å². The van der Waals surface area contributed by atoms with Gasteiger partial charge in [-0.3, -0.25) is 0 Å². The van der Waals surface area contributed by atoms with Gasteiger partial charge in [-0.15, -0.1) is 0 Å². The minimum absolute atomic E-state index is 0.590. The van der Waals surface area contributed by atoms with Crippen LogP contribution in [0.25, 0.3) is 0 Å². The van der Waals surface area contributed by atoms with Crippen molar-refractivity contribution in [3.05, 3.63) is 33.8 Å². The van der Waals surface area contributed by atoms with Crippen molar-refractivity contribution in [1.29, 1.82) is 0 Å². The third-order valence-corrected chi connectivity index (χ3v) is 4.18. The van der Waals surface area contributed by atoms with Crippen molar-refractivity contribution in [1.82, 2.24) is 5.32 Å². The third kappa shape index (κ3) is 4.83. The van der Waals surface area contributed by atoms with Gasteiger partial charge in [0.15, 0.2) is 0 Å². The largest absolute Gasteiger partial charge is 0.490 e. The zero-order chi connectivity index (χ0) is 17.0. The van der Waals surface area contributed by atoms with Crippen molar-refractivity contribution in [3.63, 3.8) is 0 Å². The fourth-order valence-electron chi connectivity index (χ4n) is 2.66. The first-order valence-corrected chi connectivity index (χ1v) is 7.56. The van der Waals surface area contributed by atoms with E-state index < -0.39 is 12.1 Å². The average molecular weight is 352 g/mol. The van der Waals surface area contributed by atoms with E-state index in [0.29, 0.717) is 5.92 Å². The first-order valence-electron chi connectivity index (χ1n) is 7.19. The van der Waals surface area contributed by atoms with Crippen LogP contribution in [0.4, 0.5) is 13.2 Å². The minimum atomic E-state index is -5.08. The van der Waals surface area contributed by atoms with E-state index in [1.807, 2.05) is 0 Å². The van der Waals surface area contributed by atoms with Gasteiger partial charge >= 0.3 is 12.1 Å². The minimum Gasteiger partial charge on any atom is -0.475 e. The van der Waals surface area contributed by atoms with E-state index in [0.717, 1.165) is 44.2 Å². The number of benzene rings is 1. The summed E-state index contributed by atoms with van der Waals surface area (Å²) in [6, 6.07) is 4.44. The molecule has 2 N–H and O–H groups in total. The van der Waals surface area contributed by atoms with Gasteiger partial charge in [-0.25, -0.2) is 4.79 Å². The van der Waals surface area contributed by atoms with Crippen LogP contribution in [0.1, 0.15) is 35.4 Å². The summed E-state index contributed by atoms with van der Waals surface area (Å²) in [4.78, 5) is 8.90. The van der Waals surface area contributed by atoms with Gasteiger partial charge < -0.3 is 15.2 Å². The Labute approximate surface area is 136 Å². The van der Waals surface area contributed by atoms with Gasteiger partial charge in [0.25, 0.3) is 0 Å². The Kier molecular flexibility index (Phi) is 5.89. The first-order chi connectivity index (χ1) is 10.8. The molecule has 2 heterocycles. The number of carboxylic acids is 1. The molecule has 8 heteroatoms. The van der Waals surface area contributed by atoms with Gasteiger partial charge in [0, 0.05) is 31.3 Å². The summed E-state index contributed by atoms with van der Waals surface area (Å²) < 4.78 is 37.1. The number of carbonyl (C=O) groups is 1. The van der Waals surface area contributed by atoms with E-state index in [1.54, 1.807) is 0 Å². The number of rotatable bonds is 1. The van der Waals surface area contributed by atoms with Crippen LogP contribution in [0.15, 0.2) is 12.1 Å². The molecule has 23 heavy (non-hydrogen) atoms. The molecule has 1 aromatic rings. The molecule has 0 saturated carbocycles. The van der Waals surface area contributed by atoms with Crippen LogP contribution in [-0.2, 0) is 22.6 Å². The summed E-state index contributed by atoms with van der Waals surface area (Å²) in [5.74, 6) is -2.17. The number of aliphatic carboxylic acids is 1. The van der Waals surface area contributed by atoms with E-state index in [-0.39, 0.29) is 0 Å². The quantitative estimate of drug-likeness (QED) is 0.813. The molecule has 0 spiro atoms. The highest BCUT2D eigenvalue weighted by atomic mass is 35.5. The molecule has 128 valence electrons. The van der Waals surface area contributed by atoms with E-state index in [1.165, 1.54) is 16.7 Å². The predicted molar refractivity (Wildman–Crippen MR) is 78.5 cm³/mol. The molecule has 0 radical (unpaired) electrons. The highest BCUT2D eigenvalue weighted by Gasteiger charge is 2.38. The molecule has 0 amide bonds. The van der Waals surface area contributed by atoms with Crippen LogP contribution in [-0.4, -0.2) is 30.5 Å². The lowest BCUT2D eigenvalue weighted by Crippen LogP contribution is -2.21. The molecule has 1 saturated heterocycles. The lowest BCUT2D eigenvalue weighted by atomic mass is 9.90. The molecular formula is C15H17ClF3NO3. The van der Waals surface area contributed by atoms with Crippen LogP contribution in [0.3, 0.4) is 0 Å². The Bertz CT molecular complexity index is 572. The summed E-state index contributed by atoms with van der Waals surface area (Å²) in [7, 11) is 0. The summed E-state index contributed by atoms with van der Waals surface area (Å²) in [5, 5.41) is 11.4. The highest BCUT2D eigenvalue weighted by molar-refractivity contribution is 6.31. The standard InChI is InChI=1S/C13H16ClNO.C2HF3O2/c14-13-6-11-8-15-7-10(11)5-12(13)9-1-3-16-4-2-9;3-2(4,5)1(6)7/h5-6,9,15H,1-4,7-8H2;(H,6,7). The third-order valence-electron chi connectivity index (χ3n) is 3.85. The molecule has 0 aliphatic carbocycles. The van der Waals surface area contributed by atoms with E-state index in [9.17, 15) is 13.2 Å². The number of alkyl halides is 3. The SMILES string of the molecule is Clc1cc2c(cc1C1CCOCC1)CNC2.O=C(O)C(F)(F)F. The van der Waals surface area contributed by atoms with E-state index in [2.05, 4.69) is 17.4 Å². The van der Waals surface area contributed by atoms with Gasteiger partial charge in [0.1, 0.15) is 0 Å². The Balaban J connectivity index is 0.000000236. The summed E-state index contributed by atoms with van der Waals surface area (Å²) >= 11 is 6.37. The van der Waals surface area contributed by atoms with Crippen molar-refractivity contribution in [2.24, 2.45) is 0 Å². The lowest BCUT2D eigenvalue weighted by Gasteiger charge is -2.23. The van der Waals surface area contributed by atoms with Crippen LogP contribution >= 0.6 is 11.6 Å². The molecule has 2 aliphatic heterocycles. The summed E-state index contributed by atoms with van der Waals surface area (Å²) in [6.45, 7) is 3.69. The van der Waals surface area contributed by atoms with Crippen molar-refractivity contribution in [2.45, 2.75) is 38.0 Å². The zero-order valence-corrected chi connectivity index (χ0v) is 13.0. The van der Waals surface area contributed by atoms with Crippen molar-refractivity contribution in [2.75, 3.05) is 13.2 Å². The smallest absolute Gasteiger partial charge is 0.475 e. The van der Waals surface area contributed by atoms with Crippen molar-refractivity contribution < 1.29 is 27.8 Å². The monoisotopic (exact) mass is 351 g/mol. The zero-order valence-electron chi connectivity index (χ0n) is 12.3. The number of fused-ring (bicyclic) bond motifs is 1. The highest BCUT2D eigenvalue weighted by Crippen LogP contribution is 2.35. The number of halogens is 4. The van der Waals surface area contributed by atoms with Crippen LogP contribution in [0, 0.1) is 0 Å². The number of hydrogen-bond acceptors (Lipinski definition) is 3. The van der Waals surface area contributed by atoms with Crippen molar-refractivity contribution >= 4 is 17.6 Å². The summed E-state index contributed by atoms with van der Waals surface area (Å²) in [5.41, 5.74) is 4.11. The molecule has 4 nitrogen and oxygen atoms in total. The summed E-state index contributed by atoms with van der Waals surface area (Å²) in [6.07, 6.45) is -2.88. The van der Waals surface area contributed by atoms with Gasteiger partial charge in [0.05, 0.1) is 0 Å². The number of hydrogen-bond donors (Lipinski definition) is 2. The second-order valence-electron chi connectivity index (χ2n) is 5.44. The molecular weight excluding hydrogens is 335 g/mol. The second-order valence-corrected chi connectivity index (χ2v) is 5.84. The maximum atomic E-state index is 10.6. The first kappa shape index (κ1) is 18.0. The molecule has 0 unspecified atom stereocenters. The molecule has 0 bridgehead atoms. The maximum Gasteiger partial charge on any atom is 0.490 e. The van der Waals surface area contributed by atoms with Crippen LogP contribution in [0.2, 0.25) is 5.02 Å². The van der Waals surface area contributed by atoms with E-state index >= 15 is 0 Å². The molecule has 0 aromatic heterocycles. The predicted octanol–water partition coefficient (Wildman–Crippen LogP) is 3.47. The Hall–Kier alpha value is -1.31. The number of nitrogens with one attached hydrogen (secondary N) is 1. The van der Waals surface area contributed by atoms with Gasteiger partial charge in [0.2, 0.25) is 0 Å². The number of carboxylic acid groups (broad SMARTS) is 1. The lowest BCUT2D eigenvalue weighted by molar-refractivity contribution is -0.192. The van der Waals surface area contributed by atoms with Gasteiger partial charge in [-0.1, -0.05) is 17.7 Å². The number of ether oxygens (including phenoxy) is 1. The molecule has 0 atom stereocenters. The van der Waals surface area contributed by atoms with Crippen molar-refractivity contribution in [3.8, 4) is 0 Å². The van der Waals surface area contributed by atoms with Gasteiger partial charge in [-0.2, -0.15) is 13.2 Å². The fraction of sp³-hybridized carbons (Fsp3) is 0.533. The van der Waals surface area contributed by atoms with E-state index in [4.69, 9.17) is 26.2 Å². The Morgan fingerprint density at radius 1 is 1.22 bits per heavy atom. The van der Waals surface area contributed by atoms with Gasteiger partial charge in [-0.05, 0) is 41.5 Å². The van der Waals surface area contributed by atoms with Crippen LogP contribution < -0.4 is 5.32 Å². The Morgan fingerprint density at radius 3 is 2.26 bits per heavy atom. The molecule has 1 fully saturated rings. The second kappa shape index (κ2) is 7.51. The molecule has 1 aromatic carbocycles. The molecule has 3 rings (SSSR count). The Morgan fingerprint density at radius 2 is 1.74 bits per heavy atom. The fourth-order valence-corrected chi connectivity index (χ4v) is 3.00. The molecule has 2 aliphatic rings. The maximum absolute atomic E-state index is 10.6. The normalized spacial score (nSPS) is 18.1. The van der Waals surface area contributed by atoms with Crippen LogP contribution in [0.5, 0.6) is 0 Å². The average Bonchev–Trinajstić information content (AvgIpc) is 2.94.